The first-order valence-electron chi connectivity index (χ1n) is 3.61. The molecular formula is C6H2F10. The smallest absolute Gasteiger partial charge is 0.242 e. The minimum atomic E-state index is -6.63. The zero-order valence-corrected chi connectivity index (χ0v) is 6.93. The Morgan fingerprint density at radius 1 is 0.688 bits per heavy atom. The standard InChI is InChI=1S/C6H2F10/c7-1-2(8)4(9,10)3(1,5(11,12)13)6(14,15)16/h1-2H. The molecule has 1 fully saturated rings. The number of rotatable bonds is 0. The van der Waals surface area contributed by atoms with Crippen LogP contribution in [0.3, 0.4) is 0 Å². The Balaban J connectivity index is 3.40. The van der Waals surface area contributed by atoms with Crippen LogP contribution in [-0.4, -0.2) is 30.6 Å². The largest absolute Gasteiger partial charge is 0.412 e. The summed E-state index contributed by atoms with van der Waals surface area (Å²) in [5, 5.41) is 0. The fraction of sp³-hybridized carbons (Fsp3) is 1.00. The van der Waals surface area contributed by atoms with Crippen molar-refractivity contribution in [3.05, 3.63) is 0 Å². The molecule has 2 unspecified atom stereocenters. The van der Waals surface area contributed by atoms with Gasteiger partial charge in [-0.2, -0.15) is 26.3 Å². The highest BCUT2D eigenvalue weighted by molar-refractivity contribution is 5.22. The molecule has 0 saturated heterocycles. The van der Waals surface area contributed by atoms with Gasteiger partial charge in [-0.1, -0.05) is 0 Å². The fourth-order valence-electron chi connectivity index (χ4n) is 1.56. The van der Waals surface area contributed by atoms with E-state index in [4.69, 9.17) is 0 Å². The van der Waals surface area contributed by atoms with Crippen molar-refractivity contribution in [2.24, 2.45) is 5.41 Å². The number of hydrogen-bond donors (Lipinski definition) is 0. The summed E-state index contributed by atoms with van der Waals surface area (Å²) >= 11 is 0. The van der Waals surface area contributed by atoms with Crippen molar-refractivity contribution in [1.29, 1.82) is 0 Å². The van der Waals surface area contributed by atoms with Crippen LogP contribution in [0.2, 0.25) is 0 Å². The molecule has 1 aliphatic rings. The average molecular weight is 264 g/mol. The van der Waals surface area contributed by atoms with Crippen molar-refractivity contribution in [2.75, 3.05) is 0 Å². The van der Waals surface area contributed by atoms with E-state index in [1.807, 2.05) is 0 Å². The third-order valence-electron chi connectivity index (χ3n) is 2.44. The van der Waals surface area contributed by atoms with Crippen LogP contribution < -0.4 is 0 Å². The zero-order chi connectivity index (χ0) is 13.2. The summed E-state index contributed by atoms with van der Waals surface area (Å²) in [5.41, 5.74) is -5.95. The normalized spacial score (nSPS) is 33.4. The molecule has 1 saturated carbocycles. The van der Waals surface area contributed by atoms with E-state index in [2.05, 4.69) is 0 Å². The molecule has 0 aliphatic heterocycles. The summed E-state index contributed by atoms with van der Waals surface area (Å²) in [7, 11) is 0. The highest BCUT2D eigenvalue weighted by atomic mass is 19.4. The molecule has 16 heavy (non-hydrogen) atoms. The molecule has 0 nitrogen and oxygen atoms in total. The van der Waals surface area contributed by atoms with E-state index < -0.39 is 36.0 Å². The van der Waals surface area contributed by atoms with Crippen LogP contribution in [0.5, 0.6) is 0 Å². The Morgan fingerprint density at radius 3 is 1.12 bits per heavy atom. The fourth-order valence-corrected chi connectivity index (χ4v) is 1.56. The Morgan fingerprint density at radius 2 is 1.00 bits per heavy atom. The van der Waals surface area contributed by atoms with Crippen LogP contribution >= 0.6 is 0 Å². The molecule has 0 aromatic carbocycles. The molecule has 0 heterocycles. The van der Waals surface area contributed by atoms with Gasteiger partial charge in [0.05, 0.1) is 0 Å². The lowest BCUT2D eigenvalue weighted by molar-refractivity contribution is -0.474. The molecule has 96 valence electrons. The second-order valence-electron chi connectivity index (χ2n) is 3.23. The van der Waals surface area contributed by atoms with Crippen LogP contribution in [0.15, 0.2) is 0 Å². The van der Waals surface area contributed by atoms with Crippen LogP contribution in [0.4, 0.5) is 43.9 Å². The topological polar surface area (TPSA) is 0 Å². The van der Waals surface area contributed by atoms with Gasteiger partial charge in [-0.25, -0.2) is 17.6 Å². The number of hydrogen-bond acceptors (Lipinski definition) is 0. The van der Waals surface area contributed by atoms with Crippen molar-refractivity contribution in [3.8, 4) is 0 Å². The van der Waals surface area contributed by atoms with Gasteiger partial charge in [-0.3, -0.25) is 0 Å². The second-order valence-corrected chi connectivity index (χ2v) is 3.23. The van der Waals surface area contributed by atoms with Gasteiger partial charge >= 0.3 is 18.3 Å². The average Bonchev–Trinajstić information content (AvgIpc) is 1.97. The van der Waals surface area contributed by atoms with Gasteiger partial charge in [0.2, 0.25) is 0 Å². The van der Waals surface area contributed by atoms with Gasteiger partial charge in [0.15, 0.2) is 12.3 Å². The van der Waals surface area contributed by atoms with E-state index in [9.17, 15) is 43.9 Å². The predicted molar refractivity (Wildman–Crippen MR) is 29.3 cm³/mol. The summed E-state index contributed by atoms with van der Waals surface area (Å²) in [6.07, 6.45) is -21.7. The molecule has 0 aromatic rings. The highest BCUT2D eigenvalue weighted by Crippen LogP contribution is 2.70. The lowest BCUT2D eigenvalue weighted by Crippen LogP contribution is -2.80. The Labute approximate surface area is 81.2 Å². The maximum atomic E-state index is 12.4. The molecule has 0 N–H and O–H groups in total. The summed E-state index contributed by atoms with van der Waals surface area (Å²) in [6.45, 7) is 0. The van der Waals surface area contributed by atoms with Crippen LogP contribution in [0.1, 0.15) is 0 Å². The third kappa shape index (κ3) is 1.12. The van der Waals surface area contributed by atoms with Gasteiger partial charge in [0, 0.05) is 0 Å². The quantitative estimate of drug-likeness (QED) is 0.588. The van der Waals surface area contributed by atoms with E-state index in [0.29, 0.717) is 0 Å². The predicted octanol–water partition coefficient (Wildman–Crippen LogP) is 3.42. The van der Waals surface area contributed by atoms with E-state index >= 15 is 0 Å². The summed E-state index contributed by atoms with van der Waals surface area (Å²) in [4.78, 5) is 0. The van der Waals surface area contributed by atoms with Crippen molar-refractivity contribution >= 4 is 0 Å². The van der Waals surface area contributed by atoms with Gasteiger partial charge in [-0.15, -0.1) is 0 Å². The maximum Gasteiger partial charge on any atom is 0.412 e. The van der Waals surface area contributed by atoms with Crippen molar-refractivity contribution in [1.82, 2.24) is 0 Å². The number of alkyl halides is 10. The van der Waals surface area contributed by atoms with Crippen molar-refractivity contribution in [2.45, 2.75) is 30.6 Å². The Kier molecular flexibility index (Phi) is 2.46. The van der Waals surface area contributed by atoms with E-state index in [0.717, 1.165) is 0 Å². The first-order valence-corrected chi connectivity index (χ1v) is 3.61. The lowest BCUT2D eigenvalue weighted by Gasteiger charge is -2.53. The third-order valence-corrected chi connectivity index (χ3v) is 2.44. The van der Waals surface area contributed by atoms with E-state index in [-0.39, 0.29) is 0 Å². The molecule has 1 rings (SSSR count). The number of halogens is 10. The first kappa shape index (κ1) is 13.4. The zero-order valence-electron chi connectivity index (χ0n) is 6.93. The molecule has 0 radical (unpaired) electrons. The molecule has 2 atom stereocenters. The maximum absolute atomic E-state index is 12.4. The van der Waals surface area contributed by atoms with Gasteiger partial charge in [-0.05, 0) is 0 Å². The van der Waals surface area contributed by atoms with Crippen LogP contribution in [-0.2, 0) is 0 Å². The molecule has 0 aromatic heterocycles. The van der Waals surface area contributed by atoms with Gasteiger partial charge in [0.25, 0.3) is 5.41 Å². The van der Waals surface area contributed by atoms with Gasteiger partial charge < -0.3 is 0 Å². The van der Waals surface area contributed by atoms with E-state index in [1.165, 1.54) is 0 Å². The Bertz CT molecular complexity index is 271. The molecule has 0 amide bonds. The van der Waals surface area contributed by atoms with E-state index in [1.54, 1.807) is 0 Å². The molecule has 0 spiro atoms. The first-order chi connectivity index (χ1) is 6.82. The second kappa shape index (κ2) is 2.95. The van der Waals surface area contributed by atoms with Crippen molar-refractivity contribution in [3.63, 3.8) is 0 Å². The molecule has 1 aliphatic carbocycles. The summed E-state index contributed by atoms with van der Waals surface area (Å²) in [5.74, 6) is -5.86. The monoisotopic (exact) mass is 264 g/mol. The lowest BCUT2D eigenvalue weighted by atomic mass is 9.60. The summed E-state index contributed by atoms with van der Waals surface area (Å²) < 4.78 is 121. The SMILES string of the molecule is FC1C(F)C(C(F)(F)F)(C(F)(F)F)C1(F)F. The highest BCUT2D eigenvalue weighted by Gasteiger charge is 2.96. The Hall–Kier alpha value is -0.700. The minimum absolute atomic E-state index is 4.12. The van der Waals surface area contributed by atoms with Gasteiger partial charge in [0.1, 0.15) is 0 Å². The van der Waals surface area contributed by atoms with Crippen molar-refractivity contribution < 1.29 is 43.9 Å². The molecule has 10 heteroatoms. The molecular weight excluding hydrogens is 262 g/mol. The van der Waals surface area contributed by atoms with Crippen LogP contribution in [0.25, 0.3) is 0 Å². The summed E-state index contributed by atoms with van der Waals surface area (Å²) in [6, 6.07) is 0. The minimum Gasteiger partial charge on any atom is -0.242 e. The van der Waals surface area contributed by atoms with Crippen LogP contribution in [0, 0.1) is 5.41 Å². The molecule has 0 bridgehead atoms.